The molecule has 0 saturated heterocycles. The Kier molecular flexibility index (Phi) is 4.66. The standard InChI is InChI=1S/C13H15BrN4/c14-11-4-1-3-10(9-11)12-5-8-17-13(18-12)16-7-2-6-15/h1,3-5,8-9H,2,6-7,15H2,(H,16,17,18). The van der Waals surface area contributed by atoms with Gasteiger partial charge in [0.2, 0.25) is 5.95 Å². The Morgan fingerprint density at radius 1 is 1.28 bits per heavy atom. The van der Waals surface area contributed by atoms with Gasteiger partial charge in [-0.3, -0.25) is 0 Å². The van der Waals surface area contributed by atoms with Crippen LogP contribution in [0.1, 0.15) is 6.42 Å². The molecule has 4 nitrogen and oxygen atoms in total. The molecular weight excluding hydrogens is 292 g/mol. The van der Waals surface area contributed by atoms with Crippen molar-refractivity contribution in [3.8, 4) is 11.3 Å². The van der Waals surface area contributed by atoms with E-state index in [1.807, 2.05) is 30.3 Å². The van der Waals surface area contributed by atoms with Crippen LogP contribution in [-0.2, 0) is 0 Å². The van der Waals surface area contributed by atoms with Crippen LogP contribution in [0.4, 0.5) is 5.95 Å². The number of benzene rings is 1. The summed E-state index contributed by atoms with van der Waals surface area (Å²) in [6.45, 7) is 1.46. The molecule has 0 unspecified atom stereocenters. The first-order valence-corrected chi connectivity index (χ1v) is 6.62. The van der Waals surface area contributed by atoms with E-state index in [1.54, 1.807) is 6.20 Å². The second-order valence-corrected chi connectivity index (χ2v) is 4.76. The largest absolute Gasteiger partial charge is 0.354 e. The lowest BCUT2D eigenvalue weighted by Crippen LogP contribution is -2.10. The SMILES string of the molecule is NCCCNc1nccc(-c2cccc(Br)c2)n1. The van der Waals surface area contributed by atoms with Crippen LogP contribution in [0.2, 0.25) is 0 Å². The van der Waals surface area contributed by atoms with Gasteiger partial charge in [-0.25, -0.2) is 9.97 Å². The molecule has 0 amide bonds. The van der Waals surface area contributed by atoms with Crippen LogP contribution in [0.15, 0.2) is 41.0 Å². The maximum atomic E-state index is 5.44. The number of hydrogen-bond acceptors (Lipinski definition) is 4. The van der Waals surface area contributed by atoms with Gasteiger partial charge in [-0.1, -0.05) is 28.1 Å². The summed E-state index contributed by atoms with van der Waals surface area (Å²) in [6.07, 6.45) is 2.67. The highest BCUT2D eigenvalue weighted by Gasteiger charge is 2.02. The monoisotopic (exact) mass is 306 g/mol. The molecule has 2 aromatic rings. The number of nitrogens with one attached hydrogen (secondary N) is 1. The van der Waals surface area contributed by atoms with E-state index < -0.39 is 0 Å². The topological polar surface area (TPSA) is 63.8 Å². The minimum atomic E-state index is 0.640. The lowest BCUT2D eigenvalue weighted by Gasteiger charge is -2.06. The summed E-state index contributed by atoms with van der Waals surface area (Å²) in [4.78, 5) is 8.66. The van der Waals surface area contributed by atoms with Gasteiger partial charge in [0.15, 0.2) is 0 Å². The molecule has 0 spiro atoms. The molecule has 5 heteroatoms. The van der Waals surface area contributed by atoms with Crippen LogP contribution in [0.5, 0.6) is 0 Å². The molecule has 0 fully saturated rings. The van der Waals surface area contributed by atoms with Crippen molar-refractivity contribution >= 4 is 21.9 Å². The number of nitrogens with two attached hydrogens (primary N) is 1. The van der Waals surface area contributed by atoms with Crippen molar-refractivity contribution in [1.82, 2.24) is 9.97 Å². The van der Waals surface area contributed by atoms with Crippen LogP contribution in [0, 0.1) is 0 Å². The van der Waals surface area contributed by atoms with E-state index in [4.69, 9.17) is 5.73 Å². The molecule has 94 valence electrons. The van der Waals surface area contributed by atoms with E-state index in [-0.39, 0.29) is 0 Å². The fourth-order valence-electron chi connectivity index (χ4n) is 1.55. The van der Waals surface area contributed by atoms with Crippen molar-refractivity contribution in [3.63, 3.8) is 0 Å². The van der Waals surface area contributed by atoms with Crippen molar-refractivity contribution in [1.29, 1.82) is 0 Å². The Labute approximate surface area is 115 Å². The first-order chi connectivity index (χ1) is 8.79. The van der Waals surface area contributed by atoms with Crippen LogP contribution < -0.4 is 11.1 Å². The molecule has 2 rings (SSSR count). The van der Waals surface area contributed by atoms with Gasteiger partial charge in [0, 0.05) is 22.8 Å². The van der Waals surface area contributed by atoms with Crippen molar-refractivity contribution in [2.75, 3.05) is 18.4 Å². The van der Waals surface area contributed by atoms with Gasteiger partial charge in [0.25, 0.3) is 0 Å². The molecular formula is C13H15BrN4. The van der Waals surface area contributed by atoms with Gasteiger partial charge >= 0.3 is 0 Å². The molecule has 1 aromatic carbocycles. The maximum Gasteiger partial charge on any atom is 0.223 e. The summed E-state index contributed by atoms with van der Waals surface area (Å²) in [7, 11) is 0. The second kappa shape index (κ2) is 6.47. The first kappa shape index (κ1) is 13.0. The average molecular weight is 307 g/mol. The van der Waals surface area contributed by atoms with Crippen LogP contribution >= 0.6 is 15.9 Å². The molecule has 0 saturated carbocycles. The third-order valence-corrected chi connectivity index (χ3v) is 2.93. The average Bonchev–Trinajstić information content (AvgIpc) is 2.39. The summed E-state index contributed by atoms with van der Waals surface area (Å²) in [6, 6.07) is 9.94. The number of nitrogens with zero attached hydrogens (tertiary/aromatic N) is 2. The van der Waals surface area contributed by atoms with Crippen LogP contribution in [0.3, 0.4) is 0 Å². The molecule has 0 bridgehead atoms. The van der Waals surface area contributed by atoms with Gasteiger partial charge in [-0.2, -0.15) is 0 Å². The van der Waals surface area contributed by atoms with E-state index in [1.165, 1.54) is 0 Å². The van der Waals surface area contributed by atoms with E-state index in [0.717, 1.165) is 28.7 Å². The highest BCUT2D eigenvalue weighted by atomic mass is 79.9. The number of hydrogen-bond donors (Lipinski definition) is 2. The molecule has 0 aliphatic rings. The third kappa shape index (κ3) is 3.51. The number of aromatic nitrogens is 2. The second-order valence-electron chi connectivity index (χ2n) is 3.84. The molecule has 0 aliphatic heterocycles. The Morgan fingerprint density at radius 2 is 2.17 bits per heavy atom. The Hall–Kier alpha value is -1.46. The Morgan fingerprint density at radius 3 is 2.94 bits per heavy atom. The van der Waals surface area contributed by atoms with Crippen molar-refractivity contribution < 1.29 is 0 Å². The van der Waals surface area contributed by atoms with Crippen molar-refractivity contribution in [2.45, 2.75) is 6.42 Å². The highest BCUT2D eigenvalue weighted by molar-refractivity contribution is 9.10. The van der Waals surface area contributed by atoms with Crippen LogP contribution in [0.25, 0.3) is 11.3 Å². The highest BCUT2D eigenvalue weighted by Crippen LogP contribution is 2.21. The number of halogens is 1. The smallest absolute Gasteiger partial charge is 0.223 e. The quantitative estimate of drug-likeness (QED) is 0.834. The van der Waals surface area contributed by atoms with Gasteiger partial charge < -0.3 is 11.1 Å². The Balaban J connectivity index is 2.16. The summed E-state index contributed by atoms with van der Waals surface area (Å²) in [5.41, 5.74) is 7.41. The fourth-order valence-corrected chi connectivity index (χ4v) is 1.95. The minimum Gasteiger partial charge on any atom is -0.354 e. The van der Waals surface area contributed by atoms with Gasteiger partial charge in [0.1, 0.15) is 0 Å². The molecule has 3 N–H and O–H groups in total. The zero-order valence-electron chi connectivity index (χ0n) is 9.94. The lowest BCUT2D eigenvalue weighted by molar-refractivity contribution is 0.864. The van der Waals surface area contributed by atoms with E-state index in [2.05, 4.69) is 31.2 Å². The molecule has 0 radical (unpaired) electrons. The predicted molar refractivity (Wildman–Crippen MR) is 77.3 cm³/mol. The zero-order chi connectivity index (χ0) is 12.8. The zero-order valence-corrected chi connectivity index (χ0v) is 11.5. The molecule has 0 aliphatic carbocycles. The van der Waals surface area contributed by atoms with E-state index in [0.29, 0.717) is 12.5 Å². The minimum absolute atomic E-state index is 0.640. The Bertz CT molecular complexity index is 516. The number of rotatable bonds is 5. The third-order valence-electron chi connectivity index (χ3n) is 2.44. The van der Waals surface area contributed by atoms with Gasteiger partial charge in [0.05, 0.1) is 5.69 Å². The molecule has 18 heavy (non-hydrogen) atoms. The fraction of sp³-hybridized carbons (Fsp3) is 0.231. The van der Waals surface area contributed by atoms with E-state index >= 15 is 0 Å². The molecule has 1 aromatic heterocycles. The van der Waals surface area contributed by atoms with Crippen molar-refractivity contribution in [3.05, 3.63) is 41.0 Å². The first-order valence-electron chi connectivity index (χ1n) is 5.82. The normalized spacial score (nSPS) is 10.3. The molecule has 1 heterocycles. The summed E-state index contributed by atoms with van der Waals surface area (Å²) in [5, 5.41) is 3.16. The maximum absolute atomic E-state index is 5.44. The van der Waals surface area contributed by atoms with Gasteiger partial charge in [-0.15, -0.1) is 0 Å². The molecule has 0 atom stereocenters. The van der Waals surface area contributed by atoms with Gasteiger partial charge in [-0.05, 0) is 31.2 Å². The lowest BCUT2D eigenvalue weighted by atomic mass is 10.1. The predicted octanol–water partition coefficient (Wildman–Crippen LogP) is 2.67. The summed E-state index contributed by atoms with van der Waals surface area (Å²) >= 11 is 3.46. The van der Waals surface area contributed by atoms with Crippen molar-refractivity contribution in [2.24, 2.45) is 5.73 Å². The summed E-state index contributed by atoms with van der Waals surface area (Å²) < 4.78 is 1.04. The van der Waals surface area contributed by atoms with Crippen LogP contribution in [-0.4, -0.2) is 23.1 Å². The van der Waals surface area contributed by atoms with E-state index in [9.17, 15) is 0 Å². The number of anilines is 1. The summed E-state index contributed by atoms with van der Waals surface area (Å²) in [5.74, 6) is 0.640.